The highest BCUT2D eigenvalue weighted by molar-refractivity contribution is 5.97. The smallest absolute Gasteiger partial charge is 0.254 e. The van der Waals surface area contributed by atoms with E-state index < -0.39 is 5.91 Å². The molecule has 0 aromatic heterocycles. The van der Waals surface area contributed by atoms with E-state index >= 15 is 0 Å². The molecule has 0 atom stereocenters. The predicted molar refractivity (Wildman–Crippen MR) is 75.6 cm³/mol. The van der Waals surface area contributed by atoms with Crippen molar-refractivity contribution in [3.8, 4) is 0 Å². The lowest BCUT2D eigenvalue weighted by Crippen LogP contribution is -2.39. The van der Waals surface area contributed by atoms with E-state index in [2.05, 4.69) is 0 Å². The molecule has 0 bridgehead atoms. The summed E-state index contributed by atoms with van der Waals surface area (Å²) in [6, 6.07) is 5.18. The zero-order valence-electron chi connectivity index (χ0n) is 11.5. The highest BCUT2D eigenvalue weighted by Crippen LogP contribution is 2.14. The van der Waals surface area contributed by atoms with Gasteiger partial charge in [-0.15, -0.1) is 0 Å². The summed E-state index contributed by atoms with van der Waals surface area (Å²) in [5.41, 5.74) is 12.9. The molecule has 1 rings (SSSR count). The maximum absolute atomic E-state index is 12.4. The number of rotatable bonds is 6. The van der Waals surface area contributed by atoms with Crippen LogP contribution in [0.15, 0.2) is 18.2 Å². The molecular formula is C14H21N3O2. The largest absolute Gasteiger partial charge is 0.399 e. The van der Waals surface area contributed by atoms with E-state index in [0.717, 1.165) is 18.4 Å². The van der Waals surface area contributed by atoms with Gasteiger partial charge in [-0.3, -0.25) is 9.59 Å². The van der Waals surface area contributed by atoms with E-state index in [0.29, 0.717) is 17.8 Å². The minimum Gasteiger partial charge on any atom is -0.399 e. The first kappa shape index (κ1) is 15.0. The normalized spacial score (nSPS) is 10.2. The molecule has 19 heavy (non-hydrogen) atoms. The number of aryl methyl sites for hydroxylation is 1. The summed E-state index contributed by atoms with van der Waals surface area (Å²) >= 11 is 0. The van der Waals surface area contributed by atoms with Crippen LogP contribution in [0.2, 0.25) is 0 Å². The molecule has 0 aliphatic heterocycles. The third-order valence-electron chi connectivity index (χ3n) is 2.76. The third-order valence-corrected chi connectivity index (χ3v) is 2.76. The highest BCUT2D eigenvalue weighted by atomic mass is 16.2. The average Bonchev–Trinajstić information content (AvgIpc) is 2.32. The molecule has 2 amide bonds. The van der Waals surface area contributed by atoms with Crippen LogP contribution in [0.25, 0.3) is 0 Å². The number of hydrogen-bond acceptors (Lipinski definition) is 3. The van der Waals surface area contributed by atoms with Gasteiger partial charge >= 0.3 is 0 Å². The van der Waals surface area contributed by atoms with Gasteiger partial charge in [-0.1, -0.05) is 13.3 Å². The molecule has 0 heterocycles. The molecule has 5 heteroatoms. The van der Waals surface area contributed by atoms with Gasteiger partial charge in [0.05, 0.1) is 6.54 Å². The van der Waals surface area contributed by atoms with Crippen molar-refractivity contribution in [2.45, 2.75) is 26.7 Å². The average molecular weight is 263 g/mol. The van der Waals surface area contributed by atoms with Gasteiger partial charge in [0.1, 0.15) is 0 Å². The molecule has 1 aromatic carbocycles. The molecule has 104 valence electrons. The lowest BCUT2D eigenvalue weighted by molar-refractivity contribution is -0.118. The molecular weight excluding hydrogens is 242 g/mol. The monoisotopic (exact) mass is 263 g/mol. The summed E-state index contributed by atoms with van der Waals surface area (Å²) in [6.45, 7) is 4.36. The van der Waals surface area contributed by atoms with Crippen LogP contribution in [-0.4, -0.2) is 29.8 Å². The highest BCUT2D eigenvalue weighted by Gasteiger charge is 2.17. The number of benzene rings is 1. The van der Waals surface area contributed by atoms with Gasteiger partial charge in [-0.2, -0.15) is 0 Å². The second-order valence-electron chi connectivity index (χ2n) is 4.68. The molecule has 0 saturated carbocycles. The van der Waals surface area contributed by atoms with E-state index in [1.807, 2.05) is 13.8 Å². The number of unbranched alkanes of at least 4 members (excludes halogenated alkanes) is 1. The van der Waals surface area contributed by atoms with Crippen LogP contribution in [0.4, 0.5) is 5.69 Å². The maximum Gasteiger partial charge on any atom is 0.254 e. The Morgan fingerprint density at radius 2 is 1.95 bits per heavy atom. The van der Waals surface area contributed by atoms with Crippen LogP contribution in [0.1, 0.15) is 35.7 Å². The maximum atomic E-state index is 12.4. The SMILES string of the molecule is CCCCN(CC(N)=O)C(=O)c1cc(C)cc(N)c1. The number of anilines is 1. The standard InChI is InChI=1S/C14H21N3O2/c1-3-4-5-17(9-13(16)18)14(19)11-6-10(2)7-12(15)8-11/h6-8H,3-5,9,15H2,1-2H3,(H2,16,18). The van der Waals surface area contributed by atoms with Crippen molar-refractivity contribution >= 4 is 17.5 Å². The van der Waals surface area contributed by atoms with Crippen molar-refractivity contribution in [2.75, 3.05) is 18.8 Å². The van der Waals surface area contributed by atoms with Crippen LogP contribution in [0.3, 0.4) is 0 Å². The molecule has 0 spiro atoms. The predicted octanol–water partition coefficient (Wildman–Crippen LogP) is 1.30. The Balaban J connectivity index is 2.93. The fourth-order valence-electron chi connectivity index (χ4n) is 1.91. The lowest BCUT2D eigenvalue weighted by Gasteiger charge is -2.21. The van der Waals surface area contributed by atoms with Crippen molar-refractivity contribution in [3.05, 3.63) is 29.3 Å². The molecule has 0 aliphatic rings. The van der Waals surface area contributed by atoms with Gasteiger partial charge in [0.2, 0.25) is 5.91 Å². The van der Waals surface area contributed by atoms with Crippen molar-refractivity contribution in [1.82, 2.24) is 4.90 Å². The Bertz CT molecular complexity index is 452. The number of carbonyl (C=O) groups is 2. The Morgan fingerprint density at radius 3 is 2.47 bits per heavy atom. The minimum atomic E-state index is -0.509. The summed E-state index contributed by atoms with van der Waals surface area (Å²) < 4.78 is 0. The fraction of sp³-hybridized carbons (Fsp3) is 0.429. The summed E-state index contributed by atoms with van der Waals surface area (Å²) in [5.74, 6) is -0.715. The van der Waals surface area contributed by atoms with Gasteiger partial charge in [0.15, 0.2) is 0 Å². The minimum absolute atomic E-state index is 0.0628. The van der Waals surface area contributed by atoms with Crippen LogP contribution >= 0.6 is 0 Å². The number of nitrogen functional groups attached to an aromatic ring is 1. The van der Waals surface area contributed by atoms with Crippen LogP contribution < -0.4 is 11.5 Å². The van der Waals surface area contributed by atoms with Crippen LogP contribution in [-0.2, 0) is 4.79 Å². The van der Waals surface area contributed by atoms with Gasteiger partial charge < -0.3 is 16.4 Å². The summed E-state index contributed by atoms with van der Waals surface area (Å²) in [7, 11) is 0. The Labute approximate surface area is 113 Å². The molecule has 0 aliphatic carbocycles. The first-order chi connectivity index (χ1) is 8.93. The molecule has 1 aromatic rings. The summed E-state index contributed by atoms with van der Waals surface area (Å²) in [6.07, 6.45) is 1.78. The number of primary amides is 1. The number of nitrogens with zero attached hydrogens (tertiary/aromatic N) is 1. The van der Waals surface area contributed by atoms with Gasteiger partial charge in [0.25, 0.3) is 5.91 Å². The van der Waals surface area contributed by atoms with E-state index in [1.54, 1.807) is 18.2 Å². The Hall–Kier alpha value is -2.04. The van der Waals surface area contributed by atoms with Gasteiger partial charge in [0, 0.05) is 17.8 Å². The number of hydrogen-bond donors (Lipinski definition) is 2. The van der Waals surface area contributed by atoms with Crippen LogP contribution in [0, 0.1) is 6.92 Å². The molecule has 0 fully saturated rings. The number of carbonyl (C=O) groups excluding carboxylic acids is 2. The van der Waals surface area contributed by atoms with Crippen LogP contribution in [0.5, 0.6) is 0 Å². The molecule has 0 radical (unpaired) electrons. The Kier molecular flexibility index (Phi) is 5.36. The number of nitrogens with two attached hydrogens (primary N) is 2. The first-order valence-electron chi connectivity index (χ1n) is 6.38. The quantitative estimate of drug-likeness (QED) is 0.758. The zero-order valence-corrected chi connectivity index (χ0v) is 11.5. The van der Waals surface area contributed by atoms with E-state index in [1.165, 1.54) is 4.90 Å². The van der Waals surface area contributed by atoms with Gasteiger partial charge in [-0.25, -0.2) is 0 Å². The topological polar surface area (TPSA) is 89.4 Å². The molecule has 0 saturated heterocycles. The summed E-state index contributed by atoms with van der Waals surface area (Å²) in [5, 5.41) is 0. The van der Waals surface area contributed by atoms with Crippen molar-refractivity contribution in [3.63, 3.8) is 0 Å². The lowest BCUT2D eigenvalue weighted by atomic mass is 10.1. The zero-order chi connectivity index (χ0) is 14.4. The van der Waals surface area contributed by atoms with Gasteiger partial charge in [-0.05, 0) is 37.1 Å². The summed E-state index contributed by atoms with van der Waals surface area (Å²) in [4.78, 5) is 24.9. The second-order valence-corrected chi connectivity index (χ2v) is 4.68. The van der Waals surface area contributed by atoms with E-state index in [9.17, 15) is 9.59 Å². The molecule has 4 N–H and O–H groups in total. The molecule has 5 nitrogen and oxygen atoms in total. The van der Waals surface area contributed by atoms with Crippen molar-refractivity contribution in [1.29, 1.82) is 0 Å². The van der Waals surface area contributed by atoms with E-state index in [4.69, 9.17) is 11.5 Å². The fourth-order valence-corrected chi connectivity index (χ4v) is 1.91. The third kappa shape index (κ3) is 4.62. The molecule has 0 unspecified atom stereocenters. The second kappa shape index (κ2) is 6.78. The van der Waals surface area contributed by atoms with E-state index in [-0.39, 0.29) is 12.5 Å². The Morgan fingerprint density at radius 1 is 1.26 bits per heavy atom. The van der Waals surface area contributed by atoms with Crippen molar-refractivity contribution in [2.24, 2.45) is 5.73 Å². The van der Waals surface area contributed by atoms with Crippen molar-refractivity contribution < 1.29 is 9.59 Å². The number of amides is 2. The first-order valence-corrected chi connectivity index (χ1v) is 6.38.